The van der Waals surface area contributed by atoms with Crippen LogP contribution in [0, 0.1) is 24.0 Å². The van der Waals surface area contributed by atoms with E-state index in [-0.39, 0.29) is 16.5 Å². The van der Waals surface area contributed by atoms with Gasteiger partial charge in [-0.05, 0) is 60.1 Å². The second-order valence-electron chi connectivity index (χ2n) is 7.53. The number of anilines is 1. The molecule has 3 aromatic rings. The molecule has 2 aromatic carbocycles. The number of aromatic nitrogens is 2. The number of nitrogens with zero attached hydrogens (tertiary/aromatic N) is 5. The highest BCUT2D eigenvalue weighted by molar-refractivity contribution is 9.10. The third-order valence-electron chi connectivity index (χ3n) is 5.43. The Morgan fingerprint density at radius 1 is 1.06 bits per heavy atom. The van der Waals surface area contributed by atoms with Gasteiger partial charge in [-0.3, -0.25) is 14.9 Å². The zero-order valence-corrected chi connectivity index (χ0v) is 18.9. The fraction of sp³-hybridized carbons (Fsp3) is 0.273. The Morgan fingerprint density at radius 3 is 2.39 bits per heavy atom. The van der Waals surface area contributed by atoms with Gasteiger partial charge in [0.15, 0.2) is 0 Å². The smallest absolute Gasteiger partial charge is 0.295 e. The zero-order chi connectivity index (χ0) is 22.1. The number of amides is 1. The van der Waals surface area contributed by atoms with Crippen LogP contribution in [0.4, 0.5) is 11.4 Å². The fourth-order valence-corrected chi connectivity index (χ4v) is 4.33. The molecular weight excluding hydrogens is 462 g/mol. The lowest BCUT2D eigenvalue weighted by molar-refractivity contribution is -0.384. The molecule has 0 spiro atoms. The molecule has 1 aliphatic heterocycles. The van der Waals surface area contributed by atoms with Crippen LogP contribution in [0.3, 0.4) is 0 Å². The summed E-state index contributed by atoms with van der Waals surface area (Å²) in [6.07, 6.45) is 0. The summed E-state index contributed by atoms with van der Waals surface area (Å²) >= 11 is 3.45. The molecule has 0 atom stereocenters. The van der Waals surface area contributed by atoms with Crippen LogP contribution in [0.5, 0.6) is 0 Å². The predicted molar refractivity (Wildman–Crippen MR) is 122 cm³/mol. The first-order chi connectivity index (χ1) is 14.8. The summed E-state index contributed by atoms with van der Waals surface area (Å²) in [5.41, 5.74) is 3.62. The summed E-state index contributed by atoms with van der Waals surface area (Å²) in [4.78, 5) is 28.0. The molecule has 0 N–H and O–H groups in total. The largest absolute Gasteiger partial charge is 0.368 e. The van der Waals surface area contributed by atoms with Crippen molar-refractivity contribution in [3.63, 3.8) is 0 Å². The van der Waals surface area contributed by atoms with Crippen molar-refractivity contribution >= 4 is 33.2 Å². The van der Waals surface area contributed by atoms with E-state index in [0.717, 1.165) is 21.5 Å². The third kappa shape index (κ3) is 4.18. The number of benzene rings is 2. The predicted octanol–water partition coefficient (Wildman–Crippen LogP) is 4.12. The van der Waals surface area contributed by atoms with Crippen LogP contribution < -0.4 is 4.90 Å². The summed E-state index contributed by atoms with van der Waals surface area (Å²) in [5.74, 6) is -0.000783. The van der Waals surface area contributed by atoms with Gasteiger partial charge in [0.1, 0.15) is 5.69 Å². The Hall–Kier alpha value is -3.20. The molecule has 31 heavy (non-hydrogen) atoms. The van der Waals surface area contributed by atoms with E-state index < -0.39 is 0 Å². The first-order valence-corrected chi connectivity index (χ1v) is 10.8. The van der Waals surface area contributed by atoms with E-state index in [1.165, 1.54) is 6.07 Å². The van der Waals surface area contributed by atoms with Gasteiger partial charge < -0.3 is 9.80 Å². The number of carbonyl (C=O) groups is 1. The lowest BCUT2D eigenvalue weighted by Gasteiger charge is -2.36. The minimum absolute atomic E-state index is 0.000783. The number of nitro groups is 1. The highest BCUT2D eigenvalue weighted by atomic mass is 79.9. The number of rotatable bonds is 4. The van der Waals surface area contributed by atoms with Crippen LogP contribution in [0.2, 0.25) is 0 Å². The van der Waals surface area contributed by atoms with Gasteiger partial charge in [0.2, 0.25) is 0 Å². The minimum atomic E-state index is -0.385. The van der Waals surface area contributed by atoms with Crippen LogP contribution in [0.25, 0.3) is 5.69 Å². The van der Waals surface area contributed by atoms with Crippen molar-refractivity contribution < 1.29 is 9.72 Å². The summed E-state index contributed by atoms with van der Waals surface area (Å²) < 4.78 is 2.40. The van der Waals surface area contributed by atoms with E-state index in [4.69, 9.17) is 0 Å². The lowest BCUT2D eigenvalue weighted by Crippen LogP contribution is -2.48. The number of hydrogen-bond acceptors (Lipinski definition) is 5. The van der Waals surface area contributed by atoms with E-state index in [0.29, 0.717) is 37.4 Å². The van der Waals surface area contributed by atoms with Crippen LogP contribution in [-0.4, -0.2) is 51.7 Å². The van der Waals surface area contributed by atoms with Gasteiger partial charge in [-0.2, -0.15) is 5.10 Å². The first kappa shape index (κ1) is 21.0. The number of halogens is 1. The Balaban J connectivity index is 1.56. The van der Waals surface area contributed by atoms with Gasteiger partial charge in [-0.1, -0.05) is 12.1 Å². The standard InChI is InChI=1S/C22H22BrN5O3/c1-15-13-16(2)27(24-15)21-14-17(7-8-20(21)28(30)31)25-9-11-26(12-10-25)22(29)18-5-3-4-6-19(18)23/h3-8,13-14H,9-12H2,1-2H3. The van der Waals surface area contributed by atoms with Crippen molar-refractivity contribution in [2.24, 2.45) is 0 Å². The summed E-state index contributed by atoms with van der Waals surface area (Å²) in [6.45, 7) is 6.18. The van der Waals surface area contributed by atoms with E-state index in [9.17, 15) is 14.9 Å². The molecule has 8 nitrogen and oxygen atoms in total. The zero-order valence-electron chi connectivity index (χ0n) is 17.3. The van der Waals surface area contributed by atoms with Crippen molar-refractivity contribution in [3.8, 4) is 5.69 Å². The number of carbonyl (C=O) groups excluding carboxylic acids is 1. The van der Waals surface area contributed by atoms with Crippen LogP contribution >= 0.6 is 15.9 Å². The fourth-order valence-electron chi connectivity index (χ4n) is 3.88. The Bertz CT molecular complexity index is 1150. The first-order valence-electron chi connectivity index (χ1n) is 9.96. The molecule has 0 saturated carbocycles. The minimum Gasteiger partial charge on any atom is -0.368 e. The van der Waals surface area contributed by atoms with E-state index in [2.05, 4.69) is 25.9 Å². The van der Waals surface area contributed by atoms with Crippen LogP contribution in [0.15, 0.2) is 53.0 Å². The molecule has 1 fully saturated rings. The van der Waals surface area contributed by atoms with Gasteiger partial charge in [0.05, 0.1) is 16.2 Å². The summed E-state index contributed by atoms with van der Waals surface area (Å²) in [7, 11) is 0. The van der Waals surface area contributed by atoms with Crippen molar-refractivity contribution in [3.05, 3.63) is 80.1 Å². The molecular formula is C22H22BrN5O3. The maximum Gasteiger partial charge on any atom is 0.295 e. The summed E-state index contributed by atoms with van der Waals surface area (Å²) in [5, 5.41) is 16.0. The number of nitro benzene ring substituents is 1. The SMILES string of the molecule is Cc1cc(C)n(-c2cc(N3CCN(C(=O)c4ccccc4Br)CC3)ccc2[N+](=O)[O-])n1. The molecule has 0 unspecified atom stereocenters. The molecule has 1 aliphatic rings. The highest BCUT2D eigenvalue weighted by Crippen LogP contribution is 2.30. The number of piperazine rings is 1. The maximum atomic E-state index is 12.9. The number of hydrogen-bond donors (Lipinski definition) is 0. The second-order valence-corrected chi connectivity index (χ2v) is 8.38. The molecule has 1 amide bonds. The van der Waals surface area contributed by atoms with Gasteiger partial charge in [0.25, 0.3) is 11.6 Å². The Morgan fingerprint density at radius 2 is 1.77 bits per heavy atom. The molecule has 0 bridgehead atoms. The van der Waals surface area contributed by atoms with E-state index in [1.54, 1.807) is 10.7 Å². The summed E-state index contributed by atoms with van der Waals surface area (Å²) in [6, 6.07) is 14.4. The Labute approximate surface area is 188 Å². The molecule has 0 radical (unpaired) electrons. The molecule has 160 valence electrons. The topological polar surface area (TPSA) is 84.5 Å². The van der Waals surface area contributed by atoms with Crippen molar-refractivity contribution in [1.82, 2.24) is 14.7 Å². The van der Waals surface area contributed by atoms with Crippen molar-refractivity contribution in [2.45, 2.75) is 13.8 Å². The molecule has 9 heteroatoms. The molecule has 2 heterocycles. The van der Waals surface area contributed by atoms with Crippen molar-refractivity contribution in [2.75, 3.05) is 31.1 Å². The maximum absolute atomic E-state index is 12.9. The lowest BCUT2D eigenvalue weighted by atomic mass is 10.1. The highest BCUT2D eigenvalue weighted by Gasteiger charge is 2.25. The van der Waals surface area contributed by atoms with Crippen molar-refractivity contribution in [1.29, 1.82) is 0 Å². The monoisotopic (exact) mass is 483 g/mol. The average Bonchev–Trinajstić information content (AvgIpc) is 3.11. The van der Waals surface area contributed by atoms with Gasteiger partial charge in [0, 0.05) is 48.1 Å². The van der Waals surface area contributed by atoms with E-state index >= 15 is 0 Å². The number of aryl methyl sites for hydroxylation is 2. The third-order valence-corrected chi connectivity index (χ3v) is 6.12. The quantitative estimate of drug-likeness (QED) is 0.411. The van der Waals surface area contributed by atoms with Gasteiger partial charge in [-0.15, -0.1) is 0 Å². The van der Waals surface area contributed by atoms with E-state index in [1.807, 2.05) is 55.1 Å². The van der Waals surface area contributed by atoms with Crippen LogP contribution in [0.1, 0.15) is 21.7 Å². The molecule has 0 aliphatic carbocycles. The second kappa shape index (κ2) is 8.50. The molecule has 4 rings (SSSR count). The van der Waals surface area contributed by atoms with Gasteiger partial charge >= 0.3 is 0 Å². The normalized spacial score (nSPS) is 14.0. The Kier molecular flexibility index (Phi) is 5.77. The molecule has 1 aromatic heterocycles. The average molecular weight is 484 g/mol. The van der Waals surface area contributed by atoms with Crippen LogP contribution in [-0.2, 0) is 0 Å². The van der Waals surface area contributed by atoms with Gasteiger partial charge in [-0.25, -0.2) is 4.68 Å². The molecule has 1 saturated heterocycles.